The van der Waals surface area contributed by atoms with Crippen molar-refractivity contribution < 1.29 is 13.2 Å². The van der Waals surface area contributed by atoms with Crippen LogP contribution in [0.2, 0.25) is 15.1 Å². The van der Waals surface area contributed by atoms with Crippen molar-refractivity contribution in [3.05, 3.63) is 73.7 Å². The molecule has 1 unspecified atom stereocenters. The number of allylic oxidation sites excluding steroid dienone is 1. The molecule has 0 aliphatic heterocycles. The van der Waals surface area contributed by atoms with E-state index in [0.717, 1.165) is 37.3 Å². The van der Waals surface area contributed by atoms with E-state index in [1.807, 2.05) is 18.2 Å². The van der Waals surface area contributed by atoms with E-state index in [-0.39, 0.29) is 20.6 Å². The maximum absolute atomic E-state index is 13.6. The van der Waals surface area contributed by atoms with E-state index in [2.05, 4.69) is 0 Å². The highest BCUT2D eigenvalue weighted by Gasteiger charge is 2.39. The second-order valence-corrected chi connectivity index (χ2v) is 7.60. The van der Waals surface area contributed by atoms with Gasteiger partial charge in [-0.2, -0.15) is 13.2 Å². The van der Waals surface area contributed by atoms with Crippen LogP contribution in [-0.2, 0) is 12.8 Å². The predicted octanol–water partition coefficient (Wildman–Crippen LogP) is 7.88. The largest absolute Gasteiger partial charge is 0.399 e. The van der Waals surface area contributed by atoms with Crippen LogP contribution in [-0.4, -0.2) is 6.18 Å². The molecule has 0 heterocycles. The van der Waals surface area contributed by atoms with Gasteiger partial charge in [0.15, 0.2) is 0 Å². The summed E-state index contributed by atoms with van der Waals surface area (Å²) in [6.45, 7) is 0. The molecule has 26 heavy (non-hydrogen) atoms. The molecule has 0 spiro atoms. The third-order valence-electron chi connectivity index (χ3n) is 4.57. The average molecular weight is 420 g/mol. The summed E-state index contributed by atoms with van der Waals surface area (Å²) in [6, 6.07) is 8.26. The van der Waals surface area contributed by atoms with Gasteiger partial charge in [0, 0.05) is 0 Å². The van der Waals surface area contributed by atoms with Crippen LogP contribution < -0.4 is 0 Å². The highest BCUT2D eigenvalue weighted by Crippen LogP contribution is 2.41. The number of alkyl halides is 3. The van der Waals surface area contributed by atoms with Crippen molar-refractivity contribution in [3.8, 4) is 0 Å². The van der Waals surface area contributed by atoms with E-state index in [4.69, 9.17) is 34.8 Å². The zero-order chi connectivity index (χ0) is 18.9. The molecular formula is C20H16Cl3F3. The highest BCUT2D eigenvalue weighted by atomic mass is 35.5. The second-order valence-electron chi connectivity index (χ2n) is 6.41. The molecule has 1 atom stereocenters. The molecule has 2 aromatic rings. The first-order valence-electron chi connectivity index (χ1n) is 8.27. The Hall–Kier alpha value is -1.16. The van der Waals surface area contributed by atoms with Crippen LogP contribution in [0.25, 0.3) is 6.08 Å². The van der Waals surface area contributed by atoms with Gasteiger partial charge in [0.05, 0.1) is 21.0 Å². The van der Waals surface area contributed by atoms with Crippen LogP contribution in [0.15, 0.2) is 36.4 Å². The number of hydrogen-bond acceptors (Lipinski definition) is 0. The molecule has 0 fully saturated rings. The van der Waals surface area contributed by atoms with Crippen molar-refractivity contribution in [2.45, 2.75) is 37.8 Å². The molecule has 0 N–H and O–H groups in total. The molecule has 1 aliphatic rings. The molecule has 0 bridgehead atoms. The third kappa shape index (κ3) is 4.39. The lowest BCUT2D eigenvalue weighted by atomic mass is 9.90. The molecule has 0 aromatic heterocycles. The summed E-state index contributed by atoms with van der Waals surface area (Å²) in [5.74, 6) is -1.81. The van der Waals surface area contributed by atoms with E-state index in [0.29, 0.717) is 0 Å². The molecule has 3 rings (SSSR count). The fraction of sp³-hybridized carbons (Fsp3) is 0.300. The number of aryl methyl sites for hydroxylation is 2. The minimum Gasteiger partial charge on any atom is -0.170 e. The Morgan fingerprint density at radius 2 is 1.50 bits per heavy atom. The normalized spacial score (nSPS) is 15.9. The molecule has 0 nitrogen and oxygen atoms in total. The number of hydrogen-bond donors (Lipinski definition) is 0. The number of fused-ring (bicyclic) bond motifs is 1. The van der Waals surface area contributed by atoms with Crippen LogP contribution in [0.5, 0.6) is 0 Å². The van der Waals surface area contributed by atoms with Crippen molar-refractivity contribution in [2.75, 3.05) is 0 Å². The molecule has 0 amide bonds. The topological polar surface area (TPSA) is 0 Å². The third-order valence-corrected chi connectivity index (χ3v) is 5.77. The monoisotopic (exact) mass is 418 g/mol. The van der Waals surface area contributed by atoms with Crippen molar-refractivity contribution >= 4 is 40.9 Å². The van der Waals surface area contributed by atoms with Crippen LogP contribution in [0, 0.1) is 0 Å². The van der Waals surface area contributed by atoms with Crippen molar-refractivity contribution in [1.82, 2.24) is 0 Å². The van der Waals surface area contributed by atoms with Gasteiger partial charge in [-0.3, -0.25) is 0 Å². The van der Waals surface area contributed by atoms with Crippen molar-refractivity contribution in [1.29, 1.82) is 0 Å². The summed E-state index contributed by atoms with van der Waals surface area (Å²) in [5.41, 5.74) is 3.23. The standard InChI is InChI=1S/C20H16Cl3F3/c21-17-10-15(11-18(22)19(17)23)16(20(24,25)26)8-6-12-5-7-13-3-1-2-4-14(13)9-12/h5-11,16H,1-4H2/b8-6+. The predicted molar refractivity (Wildman–Crippen MR) is 102 cm³/mol. The van der Waals surface area contributed by atoms with Crippen LogP contribution in [0.1, 0.15) is 41.0 Å². The molecule has 0 saturated carbocycles. The minimum absolute atomic E-state index is 0.00518. The fourth-order valence-corrected chi connectivity index (χ4v) is 3.84. The lowest BCUT2D eigenvalue weighted by Crippen LogP contribution is -2.19. The summed E-state index contributed by atoms with van der Waals surface area (Å²) in [4.78, 5) is 0. The van der Waals surface area contributed by atoms with Gasteiger partial charge in [-0.15, -0.1) is 0 Å². The number of rotatable bonds is 3. The summed E-state index contributed by atoms with van der Waals surface area (Å²) >= 11 is 17.6. The zero-order valence-corrected chi connectivity index (χ0v) is 16.0. The molecule has 0 saturated heterocycles. The van der Waals surface area contributed by atoms with Gasteiger partial charge in [0.1, 0.15) is 0 Å². The zero-order valence-electron chi connectivity index (χ0n) is 13.7. The Kier molecular flexibility index (Phi) is 5.91. The van der Waals surface area contributed by atoms with E-state index in [9.17, 15) is 13.2 Å². The Balaban J connectivity index is 1.93. The summed E-state index contributed by atoms with van der Waals surface area (Å²) < 4.78 is 40.7. The Bertz CT molecular complexity index is 818. The van der Waals surface area contributed by atoms with Crippen molar-refractivity contribution in [3.63, 3.8) is 0 Å². The molecule has 138 valence electrons. The van der Waals surface area contributed by atoms with E-state index >= 15 is 0 Å². The van der Waals surface area contributed by atoms with Gasteiger partial charge < -0.3 is 0 Å². The Labute approximate surface area is 165 Å². The first-order chi connectivity index (χ1) is 12.3. The van der Waals surface area contributed by atoms with Crippen LogP contribution in [0.3, 0.4) is 0 Å². The maximum atomic E-state index is 13.6. The molecule has 2 aromatic carbocycles. The van der Waals surface area contributed by atoms with E-state index in [1.165, 1.54) is 29.3 Å². The SMILES string of the molecule is FC(F)(F)C(/C=C/c1ccc2c(c1)CCCC2)c1cc(Cl)c(Cl)c(Cl)c1. The van der Waals surface area contributed by atoms with Gasteiger partial charge in [0.25, 0.3) is 0 Å². The number of benzene rings is 2. The molecule has 0 radical (unpaired) electrons. The van der Waals surface area contributed by atoms with Gasteiger partial charge in [-0.1, -0.05) is 65.2 Å². The summed E-state index contributed by atoms with van der Waals surface area (Å²) in [7, 11) is 0. The van der Waals surface area contributed by atoms with Crippen LogP contribution >= 0.6 is 34.8 Å². The van der Waals surface area contributed by atoms with E-state index < -0.39 is 12.1 Å². The van der Waals surface area contributed by atoms with Gasteiger partial charge in [-0.05, 0) is 60.1 Å². The first kappa shape index (κ1) is 19.6. The maximum Gasteiger partial charge on any atom is 0.399 e. The first-order valence-corrected chi connectivity index (χ1v) is 9.40. The molecular weight excluding hydrogens is 404 g/mol. The fourth-order valence-electron chi connectivity index (χ4n) is 3.23. The lowest BCUT2D eigenvalue weighted by Gasteiger charge is -2.19. The van der Waals surface area contributed by atoms with E-state index in [1.54, 1.807) is 0 Å². The Morgan fingerprint density at radius 3 is 2.12 bits per heavy atom. The van der Waals surface area contributed by atoms with Gasteiger partial charge >= 0.3 is 6.18 Å². The molecule has 1 aliphatic carbocycles. The second kappa shape index (κ2) is 7.84. The summed E-state index contributed by atoms with van der Waals surface area (Å²) in [6.07, 6.45) is 2.47. The molecule has 6 heteroatoms. The van der Waals surface area contributed by atoms with Gasteiger partial charge in [-0.25, -0.2) is 0 Å². The number of halogens is 6. The quantitative estimate of drug-likeness (QED) is 0.444. The lowest BCUT2D eigenvalue weighted by molar-refractivity contribution is -0.139. The summed E-state index contributed by atoms with van der Waals surface area (Å²) in [5, 5.41) is 0.0628. The average Bonchev–Trinajstić information content (AvgIpc) is 2.58. The van der Waals surface area contributed by atoms with Crippen molar-refractivity contribution in [2.24, 2.45) is 0 Å². The minimum atomic E-state index is -4.47. The van der Waals surface area contributed by atoms with Gasteiger partial charge in [0.2, 0.25) is 0 Å². The van der Waals surface area contributed by atoms with Crippen LogP contribution in [0.4, 0.5) is 13.2 Å². The highest BCUT2D eigenvalue weighted by molar-refractivity contribution is 6.48. The smallest absolute Gasteiger partial charge is 0.170 e. The Morgan fingerprint density at radius 1 is 0.885 bits per heavy atom.